The lowest BCUT2D eigenvalue weighted by Gasteiger charge is -2.42. The van der Waals surface area contributed by atoms with Gasteiger partial charge in [-0.15, -0.1) is 15.3 Å². The van der Waals surface area contributed by atoms with Gasteiger partial charge in [0.1, 0.15) is 35.4 Å². The Morgan fingerprint density at radius 2 is 0.669 bits per heavy atom. The molecule has 7 rings (SSSR count). The van der Waals surface area contributed by atoms with Gasteiger partial charge in [-0.2, -0.15) is 8.78 Å². The standard InChI is InChI=1S/C85H135F5N16O27/c1-53(107)94-75-62(121-4)41-56(78(115)81(75)118)47-130-50-59-44-104(101-98-59)26-32-127-38-35-124-29-23-91-65(110)17-20-85(97-68(113)15-13-11-9-7-8-10-12-14-16-69(114)133-84-73(89)71(87)70(86)72(88)74(84)90,21-18-66(111)92-24-30-125-36-39-128-33-27-105-45-60(99-102-105)51-131-48-57-42-63(122-5)76(95-54(2)108)82(119)79(57)116)22-19-67(112)93-25-31-126-37-40-129-34-28-106-46-61(100-103-106)52-132-49-58-43-64(123-6)77(96-55(3)109)83(120)80(58)117/h44-46,56-58,62-64,75-83,115-120H,7-43,47-52H2,1-6H3,(H,91,110)(H,92,111)(H,93,112)(H,94,107)(H,95,108)(H,96,109)(H,97,113)/t56-,57-,58-,62-,63-,64-,75+,76+,77+,78+,79+,80+,81-,82-,83-/m1/s1. The second kappa shape index (κ2) is 60.7. The predicted octanol–water partition coefficient (Wildman–Crippen LogP) is 0.0414. The molecule has 752 valence electrons. The summed E-state index contributed by atoms with van der Waals surface area (Å²) in [4.78, 5) is 103. The fourth-order valence-electron chi connectivity index (χ4n) is 15.8. The highest BCUT2D eigenvalue weighted by Crippen LogP contribution is 2.34. The van der Waals surface area contributed by atoms with Crippen LogP contribution < -0.4 is 42.0 Å². The van der Waals surface area contributed by atoms with Crippen LogP contribution in [0.25, 0.3) is 0 Å². The van der Waals surface area contributed by atoms with Gasteiger partial charge in [0.05, 0.1) is 212 Å². The van der Waals surface area contributed by atoms with E-state index in [9.17, 15) is 90.9 Å². The lowest BCUT2D eigenvalue weighted by molar-refractivity contribution is -0.141. The summed E-state index contributed by atoms with van der Waals surface area (Å²) in [5.74, 6) is -18.3. The molecule has 0 aliphatic heterocycles. The average Bonchev–Trinajstić information content (AvgIpc) is 1.02. The number of unbranched alkanes of at least 4 members (excludes halogenated alkanes) is 7. The summed E-state index contributed by atoms with van der Waals surface area (Å²) >= 11 is 0. The topological polar surface area (TPSA) is 554 Å². The number of hydrogen-bond donors (Lipinski definition) is 13. The summed E-state index contributed by atoms with van der Waals surface area (Å²) in [6, 6.07) is -2.33. The number of methoxy groups -OCH3 is 3. The minimum Gasteiger partial charge on any atom is -0.420 e. The van der Waals surface area contributed by atoms with Crippen molar-refractivity contribution in [3.63, 3.8) is 0 Å². The first-order valence-corrected chi connectivity index (χ1v) is 45.1. The van der Waals surface area contributed by atoms with Crippen molar-refractivity contribution >= 4 is 47.3 Å². The van der Waals surface area contributed by atoms with Crippen LogP contribution in [-0.4, -0.2) is 342 Å². The average molecular weight is 1910 g/mol. The Hall–Kier alpha value is -8.67. The number of esters is 1. The van der Waals surface area contributed by atoms with Gasteiger partial charge < -0.3 is 129 Å². The van der Waals surface area contributed by atoms with Crippen molar-refractivity contribution in [1.82, 2.24) is 82.2 Å². The van der Waals surface area contributed by atoms with Gasteiger partial charge in [0, 0.05) is 117 Å². The molecular weight excluding hydrogens is 1770 g/mol. The highest BCUT2D eigenvalue weighted by Gasteiger charge is 2.47. The Bertz CT molecular complexity index is 3790. The van der Waals surface area contributed by atoms with Gasteiger partial charge in [-0.1, -0.05) is 54.2 Å². The first kappa shape index (κ1) is 111. The number of nitrogens with zero attached hydrogens (tertiary/aromatic N) is 9. The Morgan fingerprint density at radius 1 is 0.376 bits per heavy atom. The Balaban J connectivity index is 0.868. The second-order valence-electron chi connectivity index (χ2n) is 33.2. The van der Waals surface area contributed by atoms with Crippen molar-refractivity contribution in [2.24, 2.45) is 17.8 Å². The van der Waals surface area contributed by atoms with Crippen LogP contribution in [0.4, 0.5) is 22.0 Å². The first-order valence-electron chi connectivity index (χ1n) is 45.1. The van der Waals surface area contributed by atoms with Crippen molar-refractivity contribution in [2.45, 2.75) is 261 Å². The van der Waals surface area contributed by atoms with Gasteiger partial charge in [0.2, 0.25) is 76.2 Å². The van der Waals surface area contributed by atoms with Gasteiger partial charge in [-0.05, 0) is 51.4 Å². The maximum absolute atomic E-state index is 14.2. The third-order valence-corrected chi connectivity index (χ3v) is 23.0. The van der Waals surface area contributed by atoms with Crippen LogP contribution in [0.3, 0.4) is 0 Å². The zero-order chi connectivity index (χ0) is 96.6. The predicted molar refractivity (Wildman–Crippen MR) is 455 cm³/mol. The summed E-state index contributed by atoms with van der Waals surface area (Å²) in [6.45, 7) is 8.00. The molecular formula is C85H135F5N16O27. The van der Waals surface area contributed by atoms with E-state index >= 15 is 0 Å². The number of amides is 7. The summed E-state index contributed by atoms with van der Waals surface area (Å²) < 4.78 is 147. The van der Waals surface area contributed by atoms with E-state index < -0.39 is 161 Å². The lowest BCUT2D eigenvalue weighted by Crippen LogP contribution is -2.61. The maximum atomic E-state index is 14.2. The minimum absolute atomic E-state index is 0.00494. The van der Waals surface area contributed by atoms with Crippen molar-refractivity contribution < 1.29 is 153 Å². The largest absolute Gasteiger partial charge is 0.420 e. The molecule has 1 aromatic carbocycles. The number of nitrogens with one attached hydrogen (secondary N) is 7. The van der Waals surface area contributed by atoms with E-state index in [0.717, 1.165) is 6.42 Å². The molecule has 3 fully saturated rings. The zero-order valence-electron chi connectivity index (χ0n) is 76.5. The molecule has 0 radical (unpaired) electrons. The van der Waals surface area contributed by atoms with Gasteiger partial charge in [-0.3, -0.25) is 38.4 Å². The van der Waals surface area contributed by atoms with E-state index in [1.54, 1.807) is 32.6 Å². The molecule has 3 aliphatic carbocycles. The minimum atomic E-state index is -2.38. The SMILES string of the molecule is CO[C@@H]1C[C@H](COCc2cn(CCOCCOCCNC(=O)CCC(CCC(=O)NCCOCCOCCn3cc(COC[C@H]4C[C@@H](OC)[C@H](NC(C)=O)[C@@H](O)[C@H]4O)nn3)(CCC(=O)NCCOCCOCCn3cc(COC[C@H]4C[C@@H](OC)[C@H](NC(C)=O)[C@@H](O)[C@H]4O)nn3)NC(=O)CCCCCCCCCCC(=O)Oc3c(F)c(F)c(F)c(F)c3F)nn2)[C@H](O)[C@H](O)[C@H]1NC(C)=O. The molecule has 15 atom stereocenters. The second-order valence-corrected chi connectivity index (χ2v) is 33.2. The van der Waals surface area contributed by atoms with Crippen LogP contribution in [0.1, 0.15) is 160 Å². The molecule has 13 N–H and O–H groups in total. The van der Waals surface area contributed by atoms with Crippen molar-refractivity contribution in [3.05, 3.63) is 64.8 Å². The van der Waals surface area contributed by atoms with Gasteiger partial charge in [-0.25, -0.2) is 27.2 Å². The van der Waals surface area contributed by atoms with E-state index in [1.807, 2.05) is 0 Å². The van der Waals surface area contributed by atoms with Crippen LogP contribution in [0.2, 0.25) is 0 Å². The molecule has 0 spiro atoms. The van der Waals surface area contributed by atoms with Gasteiger partial charge in [0.25, 0.3) is 0 Å². The van der Waals surface area contributed by atoms with Crippen molar-refractivity contribution in [1.29, 1.82) is 0 Å². The summed E-state index contributed by atoms with van der Waals surface area (Å²) in [5.41, 5.74) is 0.268. The van der Waals surface area contributed by atoms with Crippen molar-refractivity contribution in [2.75, 3.05) is 140 Å². The van der Waals surface area contributed by atoms with E-state index in [-0.39, 0.29) is 214 Å². The molecule has 3 aliphatic rings. The molecule has 7 amide bonds. The van der Waals surface area contributed by atoms with E-state index in [1.165, 1.54) is 42.1 Å². The molecule has 0 unspecified atom stereocenters. The lowest BCUT2D eigenvalue weighted by atomic mass is 9.79. The number of aliphatic hydroxyl groups is 6. The number of benzene rings is 1. The summed E-state index contributed by atoms with van der Waals surface area (Å²) in [5, 5.41) is 109. The van der Waals surface area contributed by atoms with Gasteiger partial charge >= 0.3 is 5.97 Å². The maximum Gasteiger partial charge on any atom is 0.311 e. The van der Waals surface area contributed by atoms with E-state index in [0.29, 0.717) is 94.5 Å². The van der Waals surface area contributed by atoms with Crippen molar-refractivity contribution in [3.8, 4) is 5.75 Å². The Labute approximate surface area is 768 Å². The molecule has 0 bridgehead atoms. The number of hydrogen-bond acceptors (Lipinski definition) is 33. The number of ether oxygens (including phenoxy) is 13. The summed E-state index contributed by atoms with van der Waals surface area (Å²) in [6.07, 6.45) is 0.947. The highest BCUT2D eigenvalue weighted by atomic mass is 19.2. The Kier molecular flexibility index (Phi) is 50.8. The van der Waals surface area contributed by atoms with Crippen LogP contribution in [0, 0.1) is 46.8 Å². The molecule has 3 saturated carbocycles. The van der Waals surface area contributed by atoms with Crippen LogP contribution in [-0.2, 0) is 135 Å². The third-order valence-electron chi connectivity index (χ3n) is 23.0. The molecule has 0 saturated heterocycles. The van der Waals surface area contributed by atoms with Crippen LogP contribution in [0.15, 0.2) is 18.6 Å². The van der Waals surface area contributed by atoms with Crippen LogP contribution in [0.5, 0.6) is 5.75 Å². The molecule has 3 heterocycles. The number of carbonyl (C=O) groups excluding carboxylic acids is 8. The quantitative estimate of drug-likeness (QED) is 0.00693. The smallest absolute Gasteiger partial charge is 0.311 e. The normalized spacial score (nSPS) is 22.0. The number of halogens is 5. The van der Waals surface area contributed by atoms with E-state index in [4.69, 9.17) is 56.8 Å². The first-order chi connectivity index (χ1) is 63.9. The number of aromatic nitrogens is 9. The number of aliphatic hydroxyl groups excluding tert-OH is 6. The molecule has 133 heavy (non-hydrogen) atoms. The molecule has 4 aromatic rings. The number of carbonyl (C=O) groups is 8. The van der Waals surface area contributed by atoms with Crippen LogP contribution >= 0.6 is 0 Å². The third kappa shape index (κ3) is 39.5. The molecule has 3 aromatic heterocycles. The fourth-order valence-corrected chi connectivity index (χ4v) is 15.8. The highest BCUT2D eigenvalue weighted by molar-refractivity contribution is 5.80. The number of rotatable bonds is 67. The van der Waals surface area contributed by atoms with E-state index in [2.05, 4.69) is 72.9 Å². The zero-order valence-corrected chi connectivity index (χ0v) is 76.5. The van der Waals surface area contributed by atoms with Gasteiger partial charge in [0.15, 0.2) is 0 Å². The molecule has 43 nitrogen and oxygen atoms in total. The summed E-state index contributed by atoms with van der Waals surface area (Å²) in [7, 11) is 4.39. The Morgan fingerprint density at radius 3 is 0.977 bits per heavy atom. The molecule has 48 heteroatoms. The fraction of sp³-hybridized carbons (Fsp3) is 0.765. The monoisotopic (exact) mass is 1910 g/mol.